The topological polar surface area (TPSA) is 73.2 Å². The van der Waals surface area contributed by atoms with Crippen molar-refractivity contribution in [1.82, 2.24) is 10.2 Å². The minimum Gasteiger partial charge on any atom is -0.319 e. The first-order valence-electron chi connectivity index (χ1n) is 7.32. The Bertz CT molecular complexity index is 609. The van der Waals surface area contributed by atoms with Gasteiger partial charge in [0.1, 0.15) is 11.4 Å². The van der Waals surface area contributed by atoms with E-state index in [4.69, 9.17) is 5.26 Å². The van der Waals surface area contributed by atoms with Crippen LogP contribution in [-0.2, 0) is 10.3 Å². The van der Waals surface area contributed by atoms with Gasteiger partial charge in [0.15, 0.2) is 0 Å². The van der Waals surface area contributed by atoms with Gasteiger partial charge in [-0.05, 0) is 24.1 Å². The average molecular weight is 303 g/mol. The lowest BCUT2D eigenvalue weighted by molar-refractivity contribution is -0.131. The van der Waals surface area contributed by atoms with Crippen LogP contribution in [0.1, 0.15) is 38.2 Å². The fraction of sp³-hybridized carbons (Fsp3) is 0.438. The van der Waals surface area contributed by atoms with Gasteiger partial charge in [-0.25, -0.2) is 9.18 Å². The lowest BCUT2D eigenvalue weighted by Crippen LogP contribution is -2.44. The number of urea groups is 1. The molecular formula is C16H18FN3O2. The molecule has 1 N–H and O–H groups in total. The lowest BCUT2D eigenvalue weighted by atomic mass is 9.85. The number of hydrogen-bond acceptors (Lipinski definition) is 3. The quantitative estimate of drug-likeness (QED) is 0.821. The molecule has 0 aromatic heterocycles. The number of unbranched alkanes of at least 4 members (excludes halogenated alkanes) is 1. The van der Waals surface area contributed by atoms with Crippen molar-refractivity contribution in [3.05, 3.63) is 35.6 Å². The maximum Gasteiger partial charge on any atom is 0.325 e. The van der Waals surface area contributed by atoms with Gasteiger partial charge in [0.25, 0.3) is 5.91 Å². The summed E-state index contributed by atoms with van der Waals surface area (Å²) in [6.45, 7) is 2.06. The van der Waals surface area contributed by atoms with E-state index in [9.17, 15) is 14.0 Å². The molecule has 22 heavy (non-hydrogen) atoms. The van der Waals surface area contributed by atoms with Gasteiger partial charge in [-0.1, -0.05) is 31.9 Å². The van der Waals surface area contributed by atoms with Crippen LogP contribution >= 0.6 is 0 Å². The Morgan fingerprint density at radius 1 is 1.32 bits per heavy atom. The molecule has 116 valence electrons. The highest BCUT2D eigenvalue weighted by Gasteiger charge is 2.51. The number of carbonyl (C=O) groups is 2. The zero-order valence-electron chi connectivity index (χ0n) is 12.4. The number of nitrogens with one attached hydrogen (secondary N) is 1. The van der Waals surface area contributed by atoms with Crippen molar-refractivity contribution in [1.29, 1.82) is 5.26 Å². The molecule has 0 aliphatic carbocycles. The van der Waals surface area contributed by atoms with Crippen LogP contribution in [0.4, 0.5) is 9.18 Å². The Labute approximate surface area is 128 Å². The predicted octanol–water partition coefficient (Wildman–Crippen LogP) is 2.68. The van der Waals surface area contributed by atoms with Gasteiger partial charge in [-0.15, -0.1) is 0 Å². The molecule has 1 aliphatic heterocycles. The van der Waals surface area contributed by atoms with Gasteiger partial charge < -0.3 is 5.32 Å². The second-order valence-electron chi connectivity index (χ2n) is 5.31. The molecule has 3 amide bonds. The number of imide groups is 1. The van der Waals surface area contributed by atoms with E-state index in [1.165, 1.54) is 24.3 Å². The highest BCUT2D eigenvalue weighted by molar-refractivity contribution is 6.07. The first-order valence-corrected chi connectivity index (χ1v) is 7.32. The third kappa shape index (κ3) is 2.80. The Morgan fingerprint density at radius 3 is 2.59 bits per heavy atom. The summed E-state index contributed by atoms with van der Waals surface area (Å²) in [5.74, 6) is -0.764. The van der Waals surface area contributed by atoms with Crippen molar-refractivity contribution >= 4 is 11.9 Å². The third-order valence-electron chi connectivity index (χ3n) is 3.87. The summed E-state index contributed by atoms with van der Waals surface area (Å²) < 4.78 is 13.1. The van der Waals surface area contributed by atoms with Gasteiger partial charge in [0.2, 0.25) is 0 Å². The molecule has 5 nitrogen and oxygen atoms in total. The molecule has 1 fully saturated rings. The molecule has 0 unspecified atom stereocenters. The molecule has 1 aromatic carbocycles. The van der Waals surface area contributed by atoms with Crippen LogP contribution < -0.4 is 5.32 Å². The summed E-state index contributed by atoms with van der Waals surface area (Å²) in [5.41, 5.74) is -0.587. The molecule has 0 spiro atoms. The van der Waals surface area contributed by atoms with E-state index in [1.807, 2.05) is 13.0 Å². The van der Waals surface area contributed by atoms with E-state index in [2.05, 4.69) is 5.32 Å². The van der Waals surface area contributed by atoms with Crippen molar-refractivity contribution in [3.63, 3.8) is 0 Å². The van der Waals surface area contributed by atoms with E-state index in [0.717, 1.165) is 17.7 Å². The summed E-state index contributed by atoms with van der Waals surface area (Å²) in [5, 5.41) is 11.4. The van der Waals surface area contributed by atoms with E-state index in [0.29, 0.717) is 12.0 Å². The predicted molar refractivity (Wildman–Crippen MR) is 78.1 cm³/mol. The summed E-state index contributed by atoms with van der Waals surface area (Å²) in [6.07, 6.45) is 2.15. The van der Waals surface area contributed by atoms with E-state index < -0.39 is 17.4 Å². The number of rotatable bonds is 6. The normalized spacial score (nSPS) is 20.9. The number of benzene rings is 1. The minimum absolute atomic E-state index is 0.0657. The Balaban J connectivity index is 2.38. The van der Waals surface area contributed by atoms with Crippen molar-refractivity contribution in [3.8, 4) is 6.07 Å². The van der Waals surface area contributed by atoms with Crippen molar-refractivity contribution < 1.29 is 14.0 Å². The average Bonchev–Trinajstić information content (AvgIpc) is 2.75. The second kappa shape index (κ2) is 6.56. The van der Waals surface area contributed by atoms with Crippen LogP contribution in [0.2, 0.25) is 0 Å². The fourth-order valence-electron chi connectivity index (χ4n) is 2.68. The molecule has 1 aliphatic rings. The van der Waals surface area contributed by atoms with Gasteiger partial charge in [0.05, 0.1) is 12.5 Å². The SMILES string of the molecule is CCCC[C@]1(c2ccc(F)cc2)NC(=O)N(CCC#N)C1=O. The molecule has 1 heterocycles. The number of nitrogens with zero attached hydrogens (tertiary/aromatic N) is 2. The minimum atomic E-state index is -1.16. The maximum absolute atomic E-state index is 13.1. The lowest BCUT2D eigenvalue weighted by Gasteiger charge is -2.27. The zero-order chi connectivity index (χ0) is 16.2. The number of nitriles is 1. The molecule has 6 heteroatoms. The van der Waals surface area contributed by atoms with Crippen LogP contribution in [0.3, 0.4) is 0 Å². The van der Waals surface area contributed by atoms with Crippen molar-refractivity contribution in [2.75, 3.05) is 6.54 Å². The van der Waals surface area contributed by atoms with Crippen LogP contribution in [-0.4, -0.2) is 23.4 Å². The number of amides is 3. The molecule has 0 bridgehead atoms. The van der Waals surface area contributed by atoms with E-state index in [1.54, 1.807) is 0 Å². The number of halogens is 1. The smallest absolute Gasteiger partial charge is 0.319 e. The highest BCUT2D eigenvalue weighted by atomic mass is 19.1. The molecular weight excluding hydrogens is 285 g/mol. The summed E-state index contributed by atoms with van der Waals surface area (Å²) >= 11 is 0. The van der Waals surface area contributed by atoms with E-state index >= 15 is 0 Å². The Kier molecular flexibility index (Phi) is 4.76. The summed E-state index contributed by atoms with van der Waals surface area (Å²) in [6, 6.07) is 7.04. The number of hydrogen-bond donors (Lipinski definition) is 1. The van der Waals surface area contributed by atoms with Crippen molar-refractivity contribution in [2.24, 2.45) is 0 Å². The molecule has 1 aromatic rings. The van der Waals surface area contributed by atoms with Gasteiger partial charge >= 0.3 is 6.03 Å². The summed E-state index contributed by atoms with van der Waals surface area (Å²) in [7, 11) is 0. The van der Waals surface area contributed by atoms with E-state index in [-0.39, 0.29) is 18.9 Å². The molecule has 2 rings (SSSR count). The Morgan fingerprint density at radius 2 is 2.00 bits per heavy atom. The maximum atomic E-state index is 13.1. The van der Waals surface area contributed by atoms with Crippen LogP contribution in [0, 0.1) is 17.1 Å². The van der Waals surface area contributed by atoms with Crippen molar-refractivity contribution in [2.45, 2.75) is 38.1 Å². The van der Waals surface area contributed by atoms with Crippen LogP contribution in [0.5, 0.6) is 0 Å². The monoisotopic (exact) mass is 303 g/mol. The fourth-order valence-corrected chi connectivity index (χ4v) is 2.68. The first-order chi connectivity index (χ1) is 10.5. The molecule has 0 saturated carbocycles. The van der Waals surface area contributed by atoms with Gasteiger partial charge in [0, 0.05) is 6.54 Å². The van der Waals surface area contributed by atoms with Gasteiger partial charge in [-0.3, -0.25) is 9.69 Å². The van der Waals surface area contributed by atoms with Gasteiger partial charge in [-0.2, -0.15) is 5.26 Å². The molecule has 0 radical (unpaired) electrons. The standard InChI is InChI=1S/C16H18FN3O2/c1-2-3-9-16(12-5-7-13(17)8-6-12)14(21)20(11-4-10-18)15(22)19-16/h5-8H,2-4,9,11H2,1H3,(H,19,22)/t16-/m1/s1. The molecule has 1 atom stereocenters. The van der Waals surface area contributed by atoms with Crippen LogP contribution in [0.15, 0.2) is 24.3 Å². The zero-order valence-corrected chi connectivity index (χ0v) is 12.4. The van der Waals surface area contributed by atoms with Crippen LogP contribution in [0.25, 0.3) is 0 Å². The number of carbonyl (C=O) groups excluding carboxylic acids is 2. The second-order valence-corrected chi connectivity index (χ2v) is 5.31. The highest BCUT2D eigenvalue weighted by Crippen LogP contribution is 2.34. The Hall–Kier alpha value is -2.42. The largest absolute Gasteiger partial charge is 0.325 e. The first kappa shape index (κ1) is 16.0. The summed E-state index contributed by atoms with van der Waals surface area (Å²) in [4.78, 5) is 26.0. The third-order valence-corrected chi connectivity index (χ3v) is 3.87. The molecule has 1 saturated heterocycles.